The van der Waals surface area contributed by atoms with Crippen molar-refractivity contribution in [2.24, 2.45) is 11.5 Å². The van der Waals surface area contributed by atoms with E-state index in [1.54, 1.807) is 17.3 Å². The van der Waals surface area contributed by atoms with Crippen LogP contribution in [0.15, 0.2) is 24.4 Å². The van der Waals surface area contributed by atoms with Gasteiger partial charge in [0, 0.05) is 6.20 Å². The minimum atomic E-state index is -0.271. The highest BCUT2D eigenvalue weighted by molar-refractivity contribution is 5.93. The first-order valence-corrected chi connectivity index (χ1v) is 3.71. The zero-order valence-electron chi connectivity index (χ0n) is 7.07. The molecule has 1 aliphatic rings. The summed E-state index contributed by atoms with van der Waals surface area (Å²) in [4.78, 5) is 0. The predicted molar refractivity (Wildman–Crippen MR) is 50.7 cm³/mol. The molecule has 0 radical (unpaired) electrons. The van der Waals surface area contributed by atoms with Crippen molar-refractivity contribution in [3.8, 4) is 0 Å². The summed E-state index contributed by atoms with van der Waals surface area (Å²) in [5, 5.41) is 17.1. The van der Waals surface area contributed by atoms with E-state index in [2.05, 4.69) is 0 Å². The molecule has 0 aliphatic carbocycles. The Morgan fingerprint density at radius 1 is 1.23 bits per heavy atom. The number of nitrogens with zero attached hydrogens (tertiary/aromatic N) is 2. The van der Waals surface area contributed by atoms with Crippen LogP contribution in [0.25, 0.3) is 0 Å². The second kappa shape index (κ2) is 3.61. The van der Waals surface area contributed by atoms with Gasteiger partial charge in [-0.2, -0.15) is 5.01 Å². The molecule has 0 unspecified atom stereocenters. The number of hydrogen-bond acceptors (Lipinski definition) is 3. The van der Waals surface area contributed by atoms with Crippen molar-refractivity contribution in [3.05, 3.63) is 24.4 Å². The summed E-state index contributed by atoms with van der Waals surface area (Å²) in [7, 11) is 0. The van der Waals surface area contributed by atoms with E-state index in [1.807, 2.05) is 12.2 Å². The number of rotatable bonds is 1. The molecule has 0 aromatic rings. The molecule has 6 N–H and O–H groups in total. The molecule has 0 amide bonds. The first-order chi connectivity index (χ1) is 6.13. The highest BCUT2D eigenvalue weighted by Crippen LogP contribution is 2.02. The van der Waals surface area contributed by atoms with Crippen LogP contribution >= 0.6 is 0 Å². The lowest BCUT2D eigenvalue weighted by Gasteiger charge is -2.32. The van der Waals surface area contributed by atoms with Crippen molar-refractivity contribution in [2.75, 3.05) is 6.54 Å². The average molecular weight is 180 g/mol. The number of allylic oxidation sites excluding steroid dienone is 2. The van der Waals surface area contributed by atoms with Crippen LogP contribution in [0.4, 0.5) is 0 Å². The molecule has 0 aromatic carbocycles. The molecule has 0 saturated heterocycles. The largest absolute Gasteiger partial charge is 0.368 e. The van der Waals surface area contributed by atoms with E-state index in [4.69, 9.17) is 22.3 Å². The predicted octanol–water partition coefficient (Wildman–Crippen LogP) is -0.624. The van der Waals surface area contributed by atoms with Gasteiger partial charge in [0.2, 0.25) is 11.9 Å². The van der Waals surface area contributed by atoms with Crippen molar-refractivity contribution in [1.29, 1.82) is 10.8 Å². The number of hydrogen-bond donors (Lipinski definition) is 4. The maximum Gasteiger partial charge on any atom is 0.215 e. The smallest absolute Gasteiger partial charge is 0.215 e. The molecule has 0 spiro atoms. The highest BCUT2D eigenvalue weighted by Gasteiger charge is 2.16. The second-order valence-electron chi connectivity index (χ2n) is 2.47. The van der Waals surface area contributed by atoms with Gasteiger partial charge in [-0.05, 0) is 6.08 Å². The Labute approximate surface area is 76.1 Å². The van der Waals surface area contributed by atoms with Gasteiger partial charge >= 0.3 is 0 Å². The van der Waals surface area contributed by atoms with E-state index < -0.39 is 0 Å². The monoisotopic (exact) mass is 180 g/mol. The van der Waals surface area contributed by atoms with E-state index in [1.165, 1.54) is 0 Å². The van der Waals surface area contributed by atoms with E-state index in [-0.39, 0.29) is 11.9 Å². The van der Waals surface area contributed by atoms with Crippen LogP contribution in [0.2, 0.25) is 0 Å². The number of guanidine groups is 2. The maximum absolute atomic E-state index is 7.20. The topological polar surface area (TPSA) is 106 Å². The van der Waals surface area contributed by atoms with E-state index in [9.17, 15) is 0 Å². The third-order valence-electron chi connectivity index (χ3n) is 1.51. The molecule has 6 heteroatoms. The zero-order chi connectivity index (χ0) is 9.84. The third kappa shape index (κ3) is 1.98. The Kier molecular flexibility index (Phi) is 2.53. The fraction of sp³-hybridized carbons (Fsp3) is 0.143. The summed E-state index contributed by atoms with van der Waals surface area (Å²) in [6.07, 6.45) is 7.22. The molecule has 1 heterocycles. The molecule has 0 fully saturated rings. The normalized spacial score (nSPS) is 14.3. The van der Waals surface area contributed by atoms with E-state index >= 15 is 0 Å². The van der Waals surface area contributed by atoms with Crippen LogP contribution < -0.4 is 11.5 Å². The molecule has 0 bridgehead atoms. The Morgan fingerprint density at radius 2 is 1.85 bits per heavy atom. The van der Waals surface area contributed by atoms with Gasteiger partial charge in [-0.3, -0.25) is 15.8 Å². The summed E-state index contributed by atoms with van der Waals surface area (Å²) in [5.41, 5.74) is 10.5. The molecular weight excluding hydrogens is 168 g/mol. The molecule has 0 saturated carbocycles. The third-order valence-corrected chi connectivity index (χ3v) is 1.51. The number of nitrogens with one attached hydrogen (secondary N) is 2. The zero-order valence-corrected chi connectivity index (χ0v) is 7.07. The maximum atomic E-state index is 7.20. The van der Waals surface area contributed by atoms with Gasteiger partial charge in [-0.15, -0.1) is 0 Å². The quantitative estimate of drug-likeness (QED) is 0.318. The van der Waals surface area contributed by atoms with Gasteiger partial charge in [-0.25, -0.2) is 0 Å². The van der Waals surface area contributed by atoms with E-state index in [0.717, 1.165) is 5.01 Å². The average Bonchev–Trinajstić information content (AvgIpc) is 2.04. The molecule has 1 aliphatic heterocycles. The minimum absolute atomic E-state index is 0.271. The van der Waals surface area contributed by atoms with Gasteiger partial charge in [0.25, 0.3) is 0 Å². The van der Waals surface area contributed by atoms with Gasteiger partial charge in [0.05, 0.1) is 6.54 Å². The summed E-state index contributed by atoms with van der Waals surface area (Å²) < 4.78 is 0. The first kappa shape index (κ1) is 9.11. The Morgan fingerprint density at radius 3 is 2.23 bits per heavy atom. The Hall–Kier alpha value is -1.98. The van der Waals surface area contributed by atoms with Gasteiger partial charge in [0.1, 0.15) is 0 Å². The standard InChI is InChI=1S/C7H12N6/c8-6(9)13(7(10)11)12-4-2-1-3-5-12/h1-4H,5H2,(H3,8,9)(H3,10,11). The first-order valence-electron chi connectivity index (χ1n) is 3.71. The van der Waals surface area contributed by atoms with Crippen molar-refractivity contribution >= 4 is 11.9 Å². The van der Waals surface area contributed by atoms with Crippen molar-refractivity contribution in [2.45, 2.75) is 0 Å². The van der Waals surface area contributed by atoms with Gasteiger partial charge in [0.15, 0.2) is 0 Å². The molecule has 70 valence electrons. The van der Waals surface area contributed by atoms with Gasteiger partial charge in [-0.1, -0.05) is 12.2 Å². The lowest BCUT2D eigenvalue weighted by Crippen LogP contribution is -2.53. The van der Waals surface area contributed by atoms with Crippen LogP contribution in [0.3, 0.4) is 0 Å². The molecule has 0 atom stereocenters. The van der Waals surface area contributed by atoms with Gasteiger partial charge < -0.3 is 11.5 Å². The summed E-state index contributed by atoms with van der Waals surface area (Å²) in [6.45, 7) is 0.551. The lowest BCUT2D eigenvalue weighted by atomic mass is 10.4. The lowest BCUT2D eigenvalue weighted by molar-refractivity contribution is 0.197. The number of hydrazine groups is 1. The summed E-state index contributed by atoms with van der Waals surface area (Å²) >= 11 is 0. The SMILES string of the molecule is N=C(N)N(C(=N)N)N1C=CC=CC1. The molecule has 1 rings (SSSR count). The molecule has 6 nitrogen and oxygen atoms in total. The summed E-state index contributed by atoms with van der Waals surface area (Å²) in [5.74, 6) is -0.542. The van der Waals surface area contributed by atoms with Crippen LogP contribution in [0.5, 0.6) is 0 Å². The van der Waals surface area contributed by atoms with E-state index in [0.29, 0.717) is 6.54 Å². The highest BCUT2D eigenvalue weighted by atomic mass is 15.7. The fourth-order valence-electron chi connectivity index (χ4n) is 1.01. The van der Waals surface area contributed by atoms with Crippen LogP contribution in [0.1, 0.15) is 0 Å². The van der Waals surface area contributed by atoms with Crippen LogP contribution in [0, 0.1) is 10.8 Å². The molecular formula is C7H12N6. The molecule has 13 heavy (non-hydrogen) atoms. The Balaban J connectivity index is 2.76. The van der Waals surface area contributed by atoms with Crippen molar-refractivity contribution in [1.82, 2.24) is 10.0 Å². The summed E-state index contributed by atoms with van der Waals surface area (Å²) in [6, 6.07) is 0. The molecule has 0 aromatic heterocycles. The van der Waals surface area contributed by atoms with Crippen LogP contribution in [-0.2, 0) is 0 Å². The fourth-order valence-corrected chi connectivity index (χ4v) is 1.01. The number of nitrogens with two attached hydrogens (primary N) is 2. The van der Waals surface area contributed by atoms with Crippen LogP contribution in [-0.4, -0.2) is 28.5 Å². The van der Waals surface area contributed by atoms with Crippen molar-refractivity contribution in [3.63, 3.8) is 0 Å². The second-order valence-corrected chi connectivity index (χ2v) is 2.47. The Bertz CT molecular complexity index is 265. The minimum Gasteiger partial charge on any atom is -0.368 e. The van der Waals surface area contributed by atoms with Crippen molar-refractivity contribution < 1.29 is 0 Å².